The van der Waals surface area contributed by atoms with E-state index in [0.717, 1.165) is 48.0 Å². The number of nitrogens with zero attached hydrogens (tertiary/aromatic N) is 1. The predicted octanol–water partition coefficient (Wildman–Crippen LogP) is 11.1. The predicted molar refractivity (Wildman–Crippen MR) is 211 cm³/mol. The zero-order valence-electron chi connectivity index (χ0n) is 27.8. The van der Waals surface area contributed by atoms with Gasteiger partial charge in [-0.2, -0.15) is 0 Å². The minimum Gasteiger partial charge on any atom is -0.487 e. The monoisotopic (exact) mass is 678 g/mol. The molecule has 5 aromatic carbocycles. The van der Waals surface area contributed by atoms with Crippen LogP contribution in [0.15, 0.2) is 156 Å². The smallest absolute Gasteiger partial charge is 0.147 e. The Labute approximate surface area is 302 Å². The molecule has 0 aromatic heterocycles. The maximum Gasteiger partial charge on any atom is 0.147 e. The first-order valence-corrected chi connectivity index (χ1v) is 19.2. The minimum atomic E-state index is 0.211. The third kappa shape index (κ3) is 4.99. The average molecular weight is 679 g/mol. The summed E-state index contributed by atoms with van der Waals surface area (Å²) in [6.07, 6.45) is 22.7. The average Bonchev–Trinajstić information content (AvgIpc) is 3.74. The van der Waals surface area contributed by atoms with Gasteiger partial charge in [-0.3, -0.25) is 0 Å². The van der Waals surface area contributed by atoms with Crippen molar-refractivity contribution < 1.29 is 4.74 Å². The first-order chi connectivity index (χ1) is 24.7. The number of thioether (sulfide) groups is 1. The van der Waals surface area contributed by atoms with E-state index in [-0.39, 0.29) is 6.10 Å². The van der Waals surface area contributed by atoms with Crippen molar-refractivity contribution in [3.05, 3.63) is 168 Å². The fourth-order valence-electron chi connectivity index (χ4n) is 8.57. The molecule has 2 nitrogen and oxygen atoms in total. The highest BCUT2D eigenvalue weighted by molar-refractivity contribution is 8.00. The Kier molecular flexibility index (Phi) is 7.35. The second kappa shape index (κ2) is 12.2. The molecule has 50 heavy (non-hydrogen) atoms. The number of para-hydroxylation sites is 1. The Morgan fingerprint density at radius 2 is 1.58 bits per heavy atom. The molecule has 3 aliphatic carbocycles. The van der Waals surface area contributed by atoms with Crippen LogP contribution in [0.5, 0.6) is 5.75 Å². The van der Waals surface area contributed by atoms with Gasteiger partial charge in [0.05, 0.1) is 15.9 Å². The van der Waals surface area contributed by atoms with Gasteiger partial charge in [-0.25, -0.2) is 0 Å². The summed E-state index contributed by atoms with van der Waals surface area (Å²) in [4.78, 5) is 3.85. The molecule has 0 N–H and O–H groups in total. The van der Waals surface area contributed by atoms with Crippen LogP contribution < -0.4 is 14.8 Å². The van der Waals surface area contributed by atoms with E-state index in [2.05, 4.69) is 161 Å². The zero-order chi connectivity index (χ0) is 33.2. The summed E-state index contributed by atoms with van der Waals surface area (Å²) < 4.78 is 6.82. The molecule has 241 valence electrons. The molecule has 4 heteroatoms. The quantitative estimate of drug-likeness (QED) is 0.136. The summed E-state index contributed by atoms with van der Waals surface area (Å²) in [7, 11) is 4.00. The SMILES string of the molecule is [Si]c1ccc2c(c1-c1ccc(N(C3=CC=C(c4ccc5ccccc5c4)CC3)c3cccc4c3OC3CCC=CC43)cc1)SC1C=CC=CC21. The summed E-state index contributed by atoms with van der Waals surface area (Å²) in [6, 6.07) is 36.0. The number of hydrogen-bond donors (Lipinski definition) is 0. The molecule has 0 saturated carbocycles. The lowest BCUT2D eigenvalue weighted by Crippen LogP contribution is -2.20. The molecule has 2 heterocycles. The van der Waals surface area contributed by atoms with Crippen molar-refractivity contribution in [3.63, 3.8) is 0 Å². The largest absolute Gasteiger partial charge is 0.487 e. The van der Waals surface area contributed by atoms with Crippen LogP contribution in [0.1, 0.15) is 54.2 Å². The van der Waals surface area contributed by atoms with Crippen LogP contribution in [0.2, 0.25) is 0 Å². The highest BCUT2D eigenvalue weighted by Crippen LogP contribution is 2.53. The van der Waals surface area contributed by atoms with Gasteiger partial charge in [0.25, 0.3) is 0 Å². The van der Waals surface area contributed by atoms with Crippen LogP contribution in [0, 0.1) is 0 Å². The Balaban J connectivity index is 1.06. The Morgan fingerprint density at radius 3 is 2.46 bits per heavy atom. The van der Waals surface area contributed by atoms with Gasteiger partial charge in [-0.1, -0.05) is 121 Å². The molecule has 0 saturated heterocycles. The molecule has 5 aromatic rings. The lowest BCUT2D eigenvalue weighted by molar-refractivity contribution is 0.205. The van der Waals surface area contributed by atoms with E-state index < -0.39 is 0 Å². The topological polar surface area (TPSA) is 12.5 Å². The van der Waals surface area contributed by atoms with E-state index in [1.807, 2.05) is 11.8 Å². The van der Waals surface area contributed by atoms with E-state index in [9.17, 15) is 0 Å². The highest BCUT2D eigenvalue weighted by Gasteiger charge is 2.37. The van der Waals surface area contributed by atoms with E-state index in [0.29, 0.717) is 17.1 Å². The third-order valence-electron chi connectivity index (χ3n) is 11.1. The van der Waals surface area contributed by atoms with Crippen molar-refractivity contribution in [3.8, 4) is 16.9 Å². The Morgan fingerprint density at radius 1 is 0.720 bits per heavy atom. The van der Waals surface area contributed by atoms with Gasteiger partial charge in [0, 0.05) is 38.9 Å². The van der Waals surface area contributed by atoms with Gasteiger partial charge in [0.15, 0.2) is 0 Å². The number of benzene rings is 5. The van der Waals surface area contributed by atoms with Crippen LogP contribution in [-0.4, -0.2) is 21.6 Å². The van der Waals surface area contributed by atoms with Crippen LogP contribution in [-0.2, 0) is 0 Å². The van der Waals surface area contributed by atoms with E-state index in [4.69, 9.17) is 4.74 Å². The van der Waals surface area contributed by atoms with Gasteiger partial charge in [-0.05, 0) is 94.6 Å². The molecule has 0 amide bonds. The molecule has 0 spiro atoms. The van der Waals surface area contributed by atoms with Gasteiger partial charge >= 0.3 is 0 Å². The Hall–Kier alpha value is -4.77. The van der Waals surface area contributed by atoms with Gasteiger partial charge in [0.2, 0.25) is 0 Å². The molecule has 0 bridgehead atoms. The van der Waals surface area contributed by atoms with Gasteiger partial charge in [0.1, 0.15) is 11.9 Å². The molecule has 4 unspecified atom stereocenters. The third-order valence-corrected chi connectivity index (χ3v) is 12.9. The lowest BCUT2D eigenvalue weighted by Gasteiger charge is -2.31. The summed E-state index contributed by atoms with van der Waals surface area (Å²) in [5.41, 5.74) is 11.5. The molecular weight excluding hydrogens is 643 g/mol. The molecule has 10 rings (SSSR count). The maximum absolute atomic E-state index is 6.82. The summed E-state index contributed by atoms with van der Waals surface area (Å²) >= 11 is 1.99. The standard InChI is InChI=1S/C46H36NOSSi/c50-43-27-26-39-37-11-4-6-15-42(37)49-46(39)44(43)31-20-24-35(25-21-31)47(40-13-7-12-38-36-10-3-5-14-41(36)48-45(38)40)34-22-18-30(19-23-34)33-17-16-29-8-1-2-9-32(29)28-33/h1-4,6-13,15-18,20-22,24-28,36-37,41-42H,5,14,19,23H2. The van der Waals surface area contributed by atoms with Crippen molar-refractivity contribution in [1.82, 2.24) is 0 Å². The van der Waals surface area contributed by atoms with Crippen molar-refractivity contribution in [1.29, 1.82) is 0 Å². The number of allylic oxidation sites excluding steroid dienone is 8. The minimum absolute atomic E-state index is 0.211. The molecular formula is C46H36NOSSi. The molecule has 5 aliphatic rings. The lowest BCUT2D eigenvalue weighted by atomic mass is 9.88. The summed E-state index contributed by atoms with van der Waals surface area (Å²) in [5, 5.41) is 4.17. The van der Waals surface area contributed by atoms with Crippen molar-refractivity contribution in [2.24, 2.45) is 0 Å². The van der Waals surface area contributed by atoms with Gasteiger partial charge < -0.3 is 9.64 Å². The van der Waals surface area contributed by atoms with Crippen LogP contribution in [0.4, 0.5) is 11.4 Å². The molecule has 4 atom stereocenters. The summed E-state index contributed by atoms with van der Waals surface area (Å²) in [6.45, 7) is 0. The summed E-state index contributed by atoms with van der Waals surface area (Å²) in [5.74, 6) is 1.79. The van der Waals surface area contributed by atoms with Crippen LogP contribution in [0.3, 0.4) is 0 Å². The highest BCUT2D eigenvalue weighted by atomic mass is 32.2. The van der Waals surface area contributed by atoms with Crippen molar-refractivity contribution >= 4 is 54.9 Å². The second-order valence-corrected chi connectivity index (χ2v) is 15.7. The second-order valence-electron chi connectivity index (χ2n) is 14.0. The number of ether oxygens (including phenoxy) is 1. The Bertz CT molecular complexity index is 2330. The normalized spacial score (nSPS) is 22.7. The molecule has 2 aliphatic heterocycles. The molecule has 3 radical (unpaired) electrons. The van der Waals surface area contributed by atoms with E-state index in [1.165, 1.54) is 54.8 Å². The van der Waals surface area contributed by atoms with Crippen LogP contribution >= 0.6 is 11.8 Å². The number of fused-ring (bicyclic) bond motifs is 7. The first kappa shape index (κ1) is 30.1. The fraction of sp³-hybridized carbons (Fsp3) is 0.174. The maximum atomic E-state index is 6.82. The number of hydrogen-bond acceptors (Lipinski definition) is 3. The van der Waals surface area contributed by atoms with E-state index >= 15 is 0 Å². The number of rotatable bonds is 5. The van der Waals surface area contributed by atoms with Gasteiger partial charge in [-0.15, -0.1) is 11.8 Å². The zero-order valence-corrected chi connectivity index (χ0v) is 29.6. The first-order valence-electron chi connectivity index (χ1n) is 17.9. The number of anilines is 2. The molecule has 0 fully saturated rings. The van der Waals surface area contributed by atoms with Crippen LogP contribution in [0.25, 0.3) is 27.5 Å². The fourth-order valence-corrected chi connectivity index (χ4v) is 10.5. The van der Waals surface area contributed by atoms with E-state index in [1.54, 1.807) is 0 Å². The van der Waals surface area contributed by atoms with Crippen molar-refractivity contribution in [2.45, 2.75) is 53.8 Å². The van der Waals surface area contributed by atoms with Crippen molar-refractivity contribution in [2.75, 3.05) is 4.90 Å².